The zero-order chi connectivity index (χ0) is 5.70. The average molecular weight is 103 g/mol. The molecule has 0 saturated carbocycles. The summed E-state index contributed by atoms with van der Waals surface area (Å²) in [5.41, 5.74) is 3.85. The first-order valence-corrected chi connectivity index (χ1v) is 2.26. The molecule has 0 amide bonds. The lowest BCUT2D eigenvalue weighted by atomic mass is 10.8. The fourth-order valence-electron chi connectivity index (χ4n) is 0.257. The fourth-order valence-corrected chi connectivity index (χ4v) is 0.257. The summed E-state index contributed by atoms with van der Waals surface area (Å²) in [5.74, 6) is 0. The fraction of sp³-hybridized carbons (Fsp3) is 1.00. The van der Waals surface area contributed by atoms with Gasteiger partial charge in [-0.25, -0.2) is 0 Å². The van der Waals surface area contributed by atoms with Crippen LogP contribution in [0.3, 0.4) is 0 Å². The average Bonchev–Trinajstić information content (AvgIpc) is 1.68. The zero-order valence-corrected chi connectivity index (χ0v) is 5.01. The van der Waals surface area contributed by atoms with E-state index in [2.05, 4.69) is 10.3 Å². The van der Waals surface area contributed by atoms with E-state index in [1.807, 2.05) is 6.92 Å². The van der Waals surface area contributed by atoms with E-state index in [4.69, 9.17) is 0 Å². The summed E-state index contributed by atoms with van der Waals surface area (Å²) in [7, 11) is 3.34. The van der Waals surface area contributed by atoms with E-state index in [0.717, 1.165) is 6.54 Å². The predicted octanol–water partition coefficient (Wildman–Crippen LogP) is 0.788. The number of hydrogen-bond acceptors (Lipinski definition) is 2. The third-order valence-corrected chi connectivity index (χ3v) is 0.605. The Bertz CT molecular complexity index is 40.7. The number of hydrogen-bond donors (Lipinski definition) is 0. The smallest absolute Gasteiger partial charge is 0.0555 e. The van der Waals surface area contributed by atoms with Crippen LogP contribution in [0, 0.1) is 0 Å². The van der Waals surface area contributed by atoms with Gasteiger partial charge in [0.05, 0.1) is 7.11 Å². The van der Waals surface area contributed by atoms with Crippen molar-refractivity contribution < 1.29 is 4.84 Å². The van der Waals surface area contributed by atoms with Gasteiger partial charge in [0, 0.05) is 0 Å². The van der Waals surface area contributed by atoms with Gasteiger partial charge >= 0.3 is 0 Å². The van der Waals surface area contributed by atoms with Crippen LogP contribution in [0.1, 0.15) is 6.92 Å². The van der Waals surface area contributed by atoms with E-state index in [-0.39, 0.29) is 0 Å². The Balaban J connectivity index is 2.83. The molecule has 0 aromatic rings. The van der Waals surface area contributed by atoms with Gasteiger partial charge in [0.15, 0.2) is 0 Å². The highest BCUT2D eigenvalue weighted by atomic mass is 16.7. The molecule has 0 saturated heterocycles. The van der Waals surface area contributed by atoms with Crippen molar-refractivity contribution >= 4 is 0 Å². The normalized spacial score (nSPS) is 10.3. The van der Waals surface area contributed by atoms with Gasteiger partial charge in [-0.15, -0.1) is 6.54 Å². The van der Waals surface area contributed by atoms with Crippen molar-refractivity contribution in [1.82, 2.24) is 5.17 Å². The van der Waals surface area contributed by atoms with E-state index in [9.17, 15) is 0 Å². The van der Waals surface area contributed by atoms with Crippen molar-refractivity contribution in [3.8, 4) is 0 Å². The summed E-state index contributed by atoms with van der Waals surface area (Å²) in [6, 6.07) is 0. The van der Waals surface area contributed by atoms with E-state index in [0.29, 0.717) is 0 Å². The lowest BCUT2D eigenvalue weighted by Gasteiger charge is -2.28. The van der Waals surface area contributed by atoms with E-state index >= 15 is 0 Å². The molecule has 0 fully saturated rings. The van der Waals surface area contributed by atoms with Crippen LogP contribution in [-0.4, -0.2) is 25.9 Å². The molecule has 44 valence electrons. The third-order valence-electron chi connectivity index (χ3n) is 0.605. The van der Waals surface area contributed by atoms with E-state index in [1.54, 1.807) is 14.2 Å². The van der Waals surface area contributed by atoms with Crippen LogP contribution in [0.5, 0.6) is 0 Å². The van der Waals surface area contributed by atoms with E-state index in [1.165, 1.54) is 5.17 Å². The minimum Gasteiger partial charge on any atom is -0.570 e. The molecule has 0 aliphatic rings. The lowest BCUT2D eigenvalue weighted by molar-refractivity contribution is -0.0777. The van der Waals surface area contributed by atoms with Crippen LogP contribution < -0.4 is 0 Å². The number of rotatable bonds is 3. The minimum atomic E-state index is 0.768. The van der Waals surface area contributed by atoms with Crippen LogP contribution in [0.25, 0.3) is 5.43 Å². The molecule has 0 spiro atoms. The summed E-state index contributed by atoms with van der Waals surface area (Å²) in [5, 5.41) is 1.43. The first kappa shape index (κ1) is 6.88. The molecule has 0 heterocycles. The van der Waals surface area contributed by atoms with Crippen LogP contribution in [0.4, 0.5) is 0 Å². The Kier molecular flexibility index (Phi) is 3.98. The maximum atomic E-state index is 4.66. The SMILES string of the molecule is CC[N-]N(C)OC. The molecule has 0 rings (SSSR count). The van der Waals surface area contributed by atoms with Gasteiger partial charge in [0.1, 0.15) is 0 Å². The second kappa shape index (κ2) is 4.05. The Hall–Kier alpha value is -0.120. The Morgan fingerprint density at radius 1 is 1.71 bits per heavy atom. The van der Waals surface area contributed by atoms with Gasteiger partial charge in [-0.2, -0.15) is 0 Å². The standard InChI is InChI=1S/C4H11N2O/c1-4-5-6(2)7-3/h4H2,1-3H3/q-1. The van der Waals surface area contributed by atoms with Gasteiger partial charge in [0.25, 0.3) is 0 Å². The molecule has 0 atom stereocenters. The van der Waals surface area contributed by atoms with Crippen molar-refractivity contribution in [3.05, 3.63) is 5.43 Å². The summed E-state index contributed by atoms with van der Waals surface area (Å²) in [4.78, 5) is 4.66. The number of hydroxylamine groups is 1. The Morgan fingerprint density at radius 3 is 2.43 bits per heavy atom. The summed E-state index contributed by atoms with van der Waals surface area (Å²) in [6.07, 6.45) is 0. The largest absolute Gasteiger partial charge is 0.570 e. The maximum absolute atomic E-state index is 4.66. The van der Waals surface area contributed by atoms with Gasteiger partial charge < -0.3 is 10.3 Å². The molecule has 3 heteroatoms. The Morgan fingerprint density at radius 2 is 2.29 bits per heavy atom. The molecule has 0 aliphatic heterocycles. The van der Waals surface area contributed by atoms with Gasteiger partial charge in [-0.3, -0.25) is 5.17 Å². The third kappa shape index (κ3) is 3.72. The zero-order valence-electron chi connectivity index (χ0n) is 5.01. The summed E-state index contributed by atoms with van der Waals surface area (Å²) < 4.78 is 0. The van der Waals surface area contributed by atoms with Crippen molar-refractivity contribution in [2.75, 3.05) is 20.7 Å². The van der Waals surface area contributed by atoms with E-state index < -0.39 is 0 Å². The maximum Gasteiger partial charge on any atom is 0.0555 e. The first-order valence-electron chi connectivity index (χ1n) is 2.26. The molecule has 0 radical (unpaired) electrons. The van der Waals surface area contributed by atoms with Gasteiger partial charge in [-0.1, -0.05) is 6.92 Å². The first-order chi connectivity index (χ1) is 3.31. The summed E-state index contributed by atoms with van der Waals surface area (Å²) in [6.45, 7) is 2.72. The molecule has 0 bridgehead atoms. The Labute approximate surface area is 44.2 Å². The summed E-state index contributed by atoms with van der Waals surface area (Å²) >= 11 is 0. The molecule has 0 aromatic heterocycles. The predicted molar refractivity (Wildman–Crippen MR) is 28.7 cm³/mol. The van der Waals surface area contributed by atoms with Crippen LogP contribution >= 0.6 is 0 Å². The van der Waals surface area contributed by atoms with Crippen molar-refractivity contribution in [2.45, 2.75) is 6.92 Å². The van der Waals surface area contributed by atoms with Crippen LogP contribution in [0.2, 0.25) is 0 Å². The van der Waals surface area contributed by atoms with Crippen LogP contribution in [-0.2, 0) is 4.84 Å². The monoisotopic (exact) mass is 103 g/mol. The molecule has 0 unspecified atom stereocenters. The van der Waals surface area contributed by atoms with Crippen molar-refractivity contribution in [1.29, 1.82) is 0 Å². The lowest BCUT2D eigenvalue weighted by Crippen LogP contribution is -2.10. The highest BCUT2D eigenvalue weighted by molar-refractivity contribution is 4.61. The number of nitrogens with zero attached hydrogens (tertiary/aromatic N) is 2. The molecule has 0 aliphatic carbocycles. The van der Waals surface area contributed by atoms with Crippen molar-refractivity contribution in [3.63, 3.8) is 0 Å². The molecule has 0 N–H and O–H groups in total. The second-order valence-corrected chi connectivity index (χ2v) is 1.10. The molecule has 0 aromatic carbocycles. The van der Waals surface area contributed by atoms with Crippen LogP contribution in [0.15, 0.2) is 0 Å². The molecular formula is C4H11N2O-. The van der Waals surface area contributed by atoms with Gasteiger partial charge in [-0.05, 0) is 7.05 Å². The second-order valence-electron chi connectivity index (χ2n) is 1.10. The van der Waals surface area contributed by atoms with Crippen molar-refractivity contribution in [2.24, 2.45) is 0 Å². The minimum absolute atomic E-state index is 0.768. The van der Waals surface area contributed by atoms with Gasteiger partial charge in [0.2, 0.25) is 0 Å². The topological polar surface area (TPSA) is 26.6 Å². The molecule has 3 nitrogen and oxygen atoms in total. The molecular weight excluding hydrogens is 92.1 g/mol. The highest BCUT2D eigenvalue weighted by Crippen LogP contribution is 1.89. The highest BCUT2D eigenvalue weighted by Gasteiger charge is 1.70. The molecule has 7 heavy (non-hydrogen) atoms. The quantitative estimate of drug-likeness (QED) is 0.493.